The Bertz CT molecular complexity index is 724. The van der Waals surface area contributed by atoms with Gasteiger partial charge in [0.25, 0.3) is 5.56 Å². The molecule has 0 amide bonds. The van der Waals surface area contributed by atoms with Crippen molar-refractivity contribution in [2.75, 3.05) is 7.11 Å². The van der Waals surface area contributed by atoms with E-state index in [0.717, 1.165) is 11.1 Å². The molecule has 1 aromatic carbocycles. The van der Waals surface area contributed by atoms with E-state index in [9.17, 15) is 4.79 Å². The summed E-state index contributed by atoms with van der Waals surface area (Å²) >= 11 is 0. The molecule has 0 atom stereocenters. The van der Waals surface area contributed by atoms with Gasteiger partial charge in [-0.15, -0.1) is 0 Å². The van der Waals surface area contributed by atoms with Crippen molar-refractivity contribution in [2.24, 2.45) is 0 Å². The predicted octanol–water partition coefficient (Wildman–Crippen LogP) is 3.05. The van der Waals surface area contributed by atoms with Gasteiger partial charge in [0.2, 0.25) is 0 Å². The van der Waals surface area contributed by atoms with Crippen molar-refractivity contribution in [2.45, 2.75) is 19.8 Å². The Kier molecular flexibility index (Phi) is 3.90. The number of ether oxygens (including phenoxy) is 1. The highest BCUT2D eigenvalue weighted by molar-refractivity contribution is 5.71. The van der Waals surface area contributed by atoms with E-state index in [4.69, 9.17) is 10.00 Å². The van der Waals surface area contributed by atoms with Crippen LogP contribution in [-0.2, 0) is 0 Å². The van der Waals surface area contributed by atoms with Crippen LogP contribution in [0.4, 0.5) is 0 Å². The van der Waals surface area contributed by atoms with Crippen LogP contribution in [-0.4, -0.2) is 12.1 Å². The Morgan fingerprint density at radius 1 is 1.30 bits per heavy atom. The highest BCUT2D eigenvalue weighted by Crippen LogP contribution is 2.32. The standard InChI is InChI=1S/C16H16N2O2/c1-10(2)11-4-5-15(20-3)14(7-11)13-6-12(8-17)16(19)18-9-13/h4-7,9-10H,1-3H3,(H,18,19). The summed E-state index contributed by atoms with van der Waals surface area (Å²) in [5.74, 6) is 1.10. The first kappa shape index (κ1) is 13.9. The third kappa shape index (κ3) is 2.57. The molecule has 0 aliphatic rings. The smallest absolute Gasteiger partial charge is 0.265 e. The fraction of sp³-hybridized carbons (Fsp3) is 0.250. The zero-order valence-electron chi connectivity index (χ0n) is 11.7. The second-order valence-corrected chi connectivity index (χ2v) is 4.86. The number of aromatic nitrogens is 1. The zero-order chi connectivity index (χ0) is 14.7. The molecule has 0 spiro atoms. The molecule has 0 saturated carbocycles. The van der Waals surface area contributed by atoms with Gasteiger partial charge in [-0.25, -0.2) is 0 Å². The molecule has 1 N–H and O–H groups in total. The van der Waals surface area contributed by atoms with E-state index in [-0.39, 0.29) is 11.1 Å². The second-order valence-electron chi connectivity index (χ2n) is 4.86. The van der Waals surface area contributed by atoms with E-state index in [1.807, 2.05) is 24.3 Å². The van der Waals surface area contributed by atoms with Crippen LogP contribution in [0.25, 0.3) is 11.1 Å². The first-order valence-corrected chi connectivity index (χ1v) is 6.38. The molecule has 0 fully saturated rings. The number of nitrogens with one attached hydrogen (secondary N) is 1. The molecule has 0 aliphatic carbocycles. The summed E-state index contributed by atoms with van der Waals surface area (Å²) in [6.07, 6.45) is 1.60. The molecule has 20 heavy (non-hydrogen) atoms. The van der Waals surface area contributed by atoms with Crippen molar-refractivity contribution in [3.8, 4) is 22.9 Å². The molecule has 1 aromatic heterocycles. The number of aromatic amines is 1. The van der Waals surface area contributed by atoms with Crippen LogP contribution in [0.15, 0.2) is 35.3 Å². The van der Waals surface area contributed by atoms with Gasteiger partial charge in [0.1, 0.15) is 17.4 Å². The molecule has 2 rings (SSSR count). The van der Waals surface area contributed by atoms with Crippen molar-refractivity contribution in [3.63, 3.8) is 0 Å². The summed E-state index contributed by atoms with van der Waals surface area (Å²) in [6, 6.07) is 9.43. The van der Waals surface area contributed by atoms with E-state index < -0.39 is 0 Å². The van der Waals surface area contributed by atoms with Crippen molar-refractivity contribution in [3.05, 3.63) is 51.9 Å². The lowest BCUT2D eigenvalue weighted by molar-refractivity contribution is 0.416. The maximum absolute atomic E-state index is 11.5. The van der Waals surface area contributed by atoms with Crippen molar-refractivity contribution < 1.29 is 4.74 Å². The molecule has 0 aliphatic heterocycles. The Balaban J connectivity index is 2.64. The summed E-state index contributed by atoms with van der Waals surface area (Å²) in [7, 11) is 1.60. The molecule has 0 unspecified atom stereocenters. The molecule has 0 bridgehead atoms. The average molecular weight is 268 g/mol. The number of methoxy groups -OCH3 is 1. The summed E-state index contributed by atoms with van der Waals surface area (Å²) in [6.45, 7) is 4.22. The number of nitrogens with zero attached hydrogens (tertiary/aromatic N) is 1. The number of hydrogen-bond donors (Lipinski definition) is 1. The fourth-order valence-corrected chi connectivity index (χ4v) is 2.03. The molecule has 0 saturated heterocycles. The van der Waals surface area contributed by atoms with Gasteiger partial charge in [-0.2, -0.15) is 5.26 Å². The number of nitriles is 1. The summed E-state index contributed by atoms with van der Waals surface area (Å²) in [4.78, 5) is 14.0. The van der Waals surface area contributed by atoms with Crippen LogP contribution in [0.5, 0.6) is 5.75 Å². The van der Waals surface area contributed by atoms with Crippen LogP contribution in [0, 0.1) is 11.3 Å². The summed E-state index contributed by atoms with van der Waals surface area (Å²) < 4.78 is 5.36. The number of benzene rings is 1. The third-order valence-corrected chi connectivity index (χ3v) is 3.22. The van der Waals surface area contributed by atoms with Crippen LogP contribution in [0.1, 0.15) is 30.9 Å². The normalized spacial score (nSPS) is 10.3. The minimum absolute atomic E-state index is 0.0968. The first-order chi connectivity index (χ1) is 9.56. The number of pyridine rings is 1. The summed E-state index contributed by atoms with van der Waals surface area (Å²) in [5, 5.41) is 8.96. The summed E-state index contributed by atoms with van der Waals surface area (Å²) in [5.41, 5.74) is 2.52. The third-order valence-electron chi connectivity index (χ3n) is 3.22. The van der Waals surface area contributed by atoms with Gasteiger partial charge in [-0.05, 0) is 29.7 Å². The van der Waals surface area contributed by atoms with E-state index >= 15 is 0 Å². The highest BCUT2D eigenvalue weighted by Gasteiger charge is 2.11. The van der Waals surface area contributed by atoms with E-state index in [1.54, 1.807) is 19.4 Å². The van der Waals surface area contributed by atoms with Gasteiger partial charge in [-0.3, -0.25) is 4.79 Å². The molecule has 0 radical (unpaired) electrons. The highest BCUT2D eigenvalue weighted by atomic mass is 16.5. The van der Waals surface area contributed by atoms with Gasteiger partial charge >= 0.3 is 0 Å². The lowest BCUT2D eigenvalue weighted by atomic mass is 9.97. The monoisotopic (exact) mass is 268 g/mol. The Morgan fingerprint density at radius 2 is 2.05 bits per heavy atom. The van der Waals surface area contributed by atoms with E-state index in [1.165, 1.54) is 5.56 Å². The zero-order valence-corrected chi connectivity index (χ0v) is 11.7. The van der Waals surface area contributed by atoms with Crippen LogP contribution in [0.2, 0.25) is 0 Å². The SMILES string of the molecule is COc1ccc(C(C)C)cc1-c1c[nH]c(=O)c(C#N)c1. The van der Waals surface area contributed by atoms with Gasteiger partial charge in [-0.1, -0.05) is 19.9 Å². The largest absolute Gasteiger partial charge is 0.496 e. The maximum atomic E-state index is 11.5. The fourth-order valence-electron chi connectivity index (χ4n) is 2.03. The van der Waals surface area contributed by atoms with Crippen LogP contribution >= 0.6 is 0 Å². The van der Waals surface area contributed by atoms with Gasteiger partial charge in [0.05, 0.1) is 7.11 Å². The van der Waals surface area contributed by atoms with Crippen molar-refractivity contribution >= 4 is 0 Å². The van der Waals surface area contributed by atoms with E-state index in [0.29, 0.717) is 11.7 Å². The number of rotatable bonds is 3. The molecule has 2 aromatic rings. The topological polar surface area (TPSA) is 65.9 Å². The second kappa shape index (κ2) is 5.62. The molecule has 102 valence electrons. The van der Waals surface area contributed by atoms with E-state index in [2.05, 4.69) is 18.8 Å². The molecule has 4 nitrogen and oxygen atoms in total. The Labute approximate surface area is 117 Å². The van der Waals surface area contributed by atoms with Crippen LogP contribution < -0.4 is 10.3 Å². The average Bonchev–Trinajstić information content (AvgIpc) is 2.47. The lowest BCUT2D eigenvalue weighted by Gasteiger charge is -2.13. The van der Waals surface area contributed by atoms with Gasteiger partial charge < -0.3 is 9.72 Å². The quantitative estimate of drug-likeness (QED) is 0.930. The Morgan fingerprint density at radius 3 is 2.65 bits per heavy atom. The lowest BCUT2D eigenvalue weighted by Crippen LogP contribution is -2.09. The maximum Gasteiger partial charge on any atom is 0.265 e. The van der Waals surface area contributed by atoms with Crippen LogP contribution in [0.3, 0.4) is 0 Å². The minimum Gasteiger partial charge on any atom is -0.496 e. The number of hydrogen-bond acceptors (Lipinski definition) is 3. The van der Waals surface area contributed by atoms with Crippen molar-refractivity contribution in [1.82, 2.24) is 4.98 Å². The van der Waals surface area contributed by atoms with Gasteiger partial charge in [0.15, 0.2) is 0 Å². The molecular weight excluding hydrogens is 252 g/mol. The first-order valence-electron chi connectivity index (χ1n) is 6.38. The predicted molar refractivity (Wildman–Crippen MR) is 77.9 cm³/mol. The van der Waals surface area contributed by atoms with Gasteiger partial charge in [0, 0.05) is 17.3 Å². The molecule has 1 heterocycles. The number of H-pyrrole nitrogens is 1. The Hall–Kier alpha value is -2.54. The minimum atomic E-state index is -0.379. The van der Waals surface area contributed by atoms with Crippen molar-refractivity contribution in [1.29, 1.82) is 5.26 Å². The molecule has 4 heteroatoms. The molecular formula is C16H16N2O2.